The van der Waals surface area contributed by atoms with E-state index >= 15 is 0 Å². The van der Waals surface area contributed by atoms with Crippen LogP contribution in [0.25, 0.3) is 0 Å². The summed E-state index contributed by atoms with van der Waals surface area (Å²) < 4.78 is 16.3. The highest BCUT2D eigenvalue weighted by molar-refractivity contribution is 5.95. The minimum Gasteiger partial charge on any atom is -0.485 e. The third-order valence-corrected chi connectivity index (χ3v) is 3.75. The van der Waals surface area contributed by atoms with Crippen molar-refractivity contribution in [2.24, 2.45) is 0 Å². The van der Waals surface area contributed by atoms with Gasteiger partial charge in [-0.15, -0.1) is 0 Å². The van der Waals surface area contributed by atoms with Gasteiger partial charge in [0.25, 0.3) is 0 Å². The van der Waals surface area contributed by atoms with E-state index in [1.807, 2.05) is 6.07 Å². The molecule has 2 aliphatic heterocycles. The van der Waals surface area contributed by atoms with Crippen molar-refractivity contribution < 1.29 is 19.0 Å². The smallest absolute Gasteiger partial charge is 0.341 e. The number of hydrogen-bond acceptors (Lipinski definition) is 6. The summed E-state index contributed by atoms with van der Waals surface area (Å²) >= 11 is 0. The van der Waals surface area contributed by atoms with Crippen molar-refractivity contribution in [1.29, 1.82) is 0 Å². The number of carbonyl (C=O) groups is 1. The van der Waals surface area contributed by atoms with Gasteiger partial charge in [0, 0.05) is 19.6 Å². The highest BCUT2D eigenvalue weighted by atomic mass is 16.6. The number of rotatable bonds is 2. The zero-order valence-electron chi connectivity index (χ0n) is 12.2. The molecule has 1 aromatic rings. The normalized spacial score (nSPS) is 18.0. The highest BCUT2D eigenvalue weighted by Gasteiger charge is 2.26. The van der Waals surface area contributed by atoms with Gasteiger partial charge in [-0.3, -0.25) is 0 Å². The molecule has 0 bridgehead atoms. The van der Waals surface area contributed by atoms with Crippen LogP contribution in [0.2, 0.25) is 0 Å². The summed E-state index contributed by atoms with van der Waals surface area (Å²) in [7, 11) is 1.37. The third-order valence-electron chi connectivity index (χ3n) is 3.75. The van der Waals surface area contributed by atoms with E-state index in [-0.39, 0.29) is 0 Å². The Morgan fingerprint density at radius 2 is 2.00 bits per heavy atom. The molecule has 6 heteroatoms. The lowest BCUT2D eigenvalue weighted by Gasteiger charge is -2.29. The topological polar surface area (TPSA) is 60.0 Å². The predicted octanol–water partition coefficient (Wildman–Crippen LogP) is 1.04. The maximum absolute atomic E-state index is 11.8. The molecule has 0 atom stereocenters. The third kappa shape index (κ3) is 2.76. The average molecular weight is 292 g/mol. The number of benzene rings is 1. The van der Waals surface area contributed by atoms with Gasteiger partial charge in [0.15, 0.2) is 11.5 Å². The molecule has 0 unspecified atom stereocenters. The fourth-order valence-corrected chi connectivity index (χ4v) is 2.73. The Hall–Kier alpha value is -1.95. The maximum Gasteiger partial charge on any atom is 0.341 e. The first-order valence-corrected chi connectivity index (χ1v) is 7.28. The van der Waals surface area contributed by atoms with Gasteiger partial charge in [-0.25, -0.2) is 4.79 Å². The van der Waals surface area contributed by atoms with Gasteiger partial charge in [-0.1, -0.05) is 0 Å². The molecule has 1 aromatic carbocycles. The Balaban J connectivity index is 1.99. The molecule has 21 heavy (non-hydrogen) atoms. The van der Waals surface area contributed by atoms with Crippen LogP contribution in [-0.4, -0.2) is 52.5 Å². The largest absolute Gasteiger partial charge is 0.485 e. The van der Waals surface area contributed by atoms with Gasteiger partial charge in [0.05, 0.1) is 12.8 Å². The number of nitrogens with one attached hydrogen (secondary N) is 1. The van der Waals surface area contributed by atoms with E-state index in [1.54, 1.807) is 6.07 Å². The van der Waals surface area contributed by atoms with Crippen LogP contribution >= 0.6 is 0 Å². The Bertz CT molecular complexity index is 525. The molecule has 1 N–H and O–H groups in total. The Morgan fingerprint density at radius 3 is 2.81 bits per heavy atom. The second-order valence-electron chi connectivity index (χ2n) is 5.07. The second kappa shape index (κ2) is 6.22. The monoisotopic (exact) mass is 292 g/mol. The van der Waals surface area contributed by atoms with E-state index in [4.69, 9.17) is 14.2 Å². The number of nitrogens with zero attached hydrogens (tertiary/aromatic N) is 1. The van der Waals surface area contributed by atoms with E-state index in [0.717, 1.165) is 38.3 Å². The zero-order valence-corrected chi connectivity index (χ0v) is 12.2. The Labute approximate surface area is 124 Å². The summed E-state index contributed by atoms with van der Waals surface area (Å²) in [5, 5.41) is 3.38. The van der Waals surface area contributed by atoms with Crippen molar-refractivity contribution in [2.75, 3.05) is 51.4 Å². The summed E-state index contributed by atoms with van der Waals surface area (Å²) in [6.07, 6.45) is 1.08. The van der Waals surface area contributed by atoms with Crippen LogP contribution in [0.3, 0.4) is 0 Å². The first-order chi connectivity index (χ1) is 10.3. The van der Waals surface area contributed by atoms with Crippen LogP contribution in [-0.2, 0) is 4.74 Å². The van der Waals surface area contributed by atoms with Crippen LogP contribution in [0, 0.1) is 0 Å². The van der Waals surface area contributed by atoms with Gasteiger partial charge in [-0.2, -0.15) is 0 Å². The molecule has 0 amide bonds. The quantitative estimate of drug-likeness (QED) is 0.822. The van der Waals surface area contributed by atoms with Crippen molar-refractivity contribution in [3.63, 3.8) is 0 Å². The van der Waals surface area contributed by atoms with Crippen LogP contribution < -0.4 is 19.7 Å². The molecule has 114 valence electrons. The molecule has 0 aliphatic carbocycles. The molecular weight excluding hydrogens is 272 g/mol. The molecular formula is C15H20N2O4. The molecule has 1 fully saturated rings. The molecule has 0 spiro atoms. The van der Waals surface area contributed by atoms with Crippen molar-refractivity contribution in [3.8, 4) is 11.5 Å². The maximum atomic E-state index is 11.8. The SMILES string of the molecule is COC(=O)c1ccc(N2CCCNCC2)c2c1OCCO2. The van der Waals surface area contributed by atoms with Crippen molar-refractivity contribution in [2.45, 2.75) is 6.42 Å². The minimum absolute atomic E-state index is 0.402. The number of anilines is 1. The summed E-state index contributed by atoms with van der Waals surface area (Å²) in [6, 6.07) is 3.68. The zero-order chi connectivity index (χ0) is 14.7. The average Bonchev–Trinajstić information content (AvgIpc) is 2.82. The molecule has 2 heterocycles. The van der Waals surface area contributed by atoms with Gasteiger partial charge in [0.2, 0.25) is 0 Å². The summed E-state index contributed by atoms with van der Waals surface area (Å²) in [4.78, 5) is 14.1. The lowest BCUT2D eigenvalue weighted by Crippen LogP contribution is -2.29. The van der Waals surface area contributed by atoms with Crippen LogP contribution in [0.5, 0.6) is 11.5 Å². The summed E-state index contributed by atoms with van der Waals surface area (Å²) in [5.74, 6) is 0.759. The molecule has 0 radical (unpaired) electrons. The van der Waals surface area contributed by atoms with Gasteiger partial charge in [0.1, 0.15) is 18.8 Å². The van der Waals surface area contributed by atoms with E-state index in [1.165, 1.54) is 7.11 Å². The van der Waals surface area contributed by atoms with Crippen molar-refractivity contribution in [3.05, 3.63) is 17.7 Å². The molecule has 0 saturated carbocycles. The Kier molecular flexibility index (Phi) is 4.15. The number of ether oxygens (including phenoxy) is 3. The lowest BCUT2D eigenvalue weighted by molar-refractivity contribution is 0.0590. The molecule has 0 aromatic heterocycles. The highest BCUT2D eigenvalue weighted by Crippen LogP contribution is 2.42. The fourth-order valence-electron chi connectivity index (χ4n) is 2.73. The Morgan fingerprint density at radius 1 is 1.19 bits per heavy atom. The lowest BCUT2D eigenvalue weighted by atomic mass is 10.1. The first kappa shape index (κ1) is 14.0. The number of fused-ring (bicyclic) bond motifs is 1. The summed E-state index contributed by atoms with van der Waals surface area (Å²) in [6.45, 7) is 4.77. The van der Waals surface area contributed by atoms with Gasteiger partial charge < -0.3 is 24.4 Å². The van der Waals surface area contributed by atoms with E-state index in [2.05, 4.69) is 10.2 Å². The fraction of sp³-hybridized carbons (Fsp3) is 0.533. The molecule has 6 nitrogen and oxygen atoms in total. The number of carbonyl (C=O) groups excluding carboxylic acids is 1. The van der Waals surface area contributed by atoms with Crippen molar-refractivity contribution in [1.82, 2.24) is 5.32 Å². The second-order valence-corrected chi connectivity index (χ2v) is 5.07. The van der Waals surface area contributed by atoms with Gasteiger partial charge >= 0.3 is 5.97 Å². The number of methoxy groups -OCH3 is 1. The van der Waals surface area contributed by atoms with Crippen molar-refractivity contribution >= 4 is 11.7 Å². The van der Waals surface area contributed by atoms with Crippen LogP contribution in [0.4, 0.5) is 5.69 Å². The van der Waals surface area contributed by atoms with E-state index in [0.29, 0.717) is 30.3 Å². The number of hydrogen-bond donors (Lipinski definition) is 1. The first-order valence-electron chi connectivity index (χ1n) is 7.28. The minimum atomic E-state index is -0.402. The van der Waals surface area contributed by atoms with Gasteiger partial charge in [-0.05, 0) is 25.1 Å². The molecule has 2 aliphatic rings. The van der Waals surface area contributed by atoms with E-state index in [9.17, 15) is 4.79 Å². The van der Waals surface area contributed by atoms with E-state index < -0.39 is 5.97 Å². The summed E-state index contributed by atoms with van der Waals surface area (Å²) in [5.41, 5.74) is 1.41. The van der Waals surface area contributed by atoms with Crippen LogP contribution in [0.1, 0.15) is 16.8 Å². The van der Waals surface area contributed by atoms with Crippen LogP contribution in [0.15, 0.2) is 12.1 Å². The predicted molar refractivity (Wildman–Crippen MR) is 78.5 cm³/mol. The molecule has 3 rings (SSSR count). The molecule has 1 saturated heterocycles. The number of esters is 1. The standard InChI is InChI=1S/C15H20N2O4/c1-19-15(18)11-3-4-12(14-13(11)20-9-10-21-14)17-7-2-5-16-6-8-17/h3-4,16H,2,5-10H2,1H3.